The molecule has 0 saturated carbocycles. The first-order valence-corrected chi connectivity index (χ1v) is 7.18. The summed E-state index contributed by atoms with van der Waals surface area (Å²) < 4.78 is 5.49. The minimum absolute atomic E-state index is 0.796. The summed E-state index contributed by atoms with van der Waals surface area (Å²) in [5.41, 5.74) is 3.93. The molecule has 0 atom stereocenters. The van der Waals surface area contributed by atoms with E-state index < -0.39 is 0 Å². The predicted octanol–water partition coefficient (Wildman–Crippen LogP) is 5.18. The Morgan fingerprint density at radius 1 is 0.636 bits per heavy atom. The molecule has 0 bridgehead atoms. The number of hydrogen-bond donors (Lipinski definition) is 2. The zero-order valence-corrected chi connectivity index (χ0v) is 12.4. The van der Waals surface area contributed by atoms with Crippen molar-refractivity contribution in [2.45, 2.75) is 0 Å². The van der Waals surface area contributed by atoms with Crippen molar-refractivity contribution in [1.82, 2.24) is 0 Å². The van der Waals surface area contributed by atoms with Crippen molar-refractivity contribution >= 4 is 22.7 Å². The standard InChI is InChI=1S/C19H18N2O/c1-22-18-14-8-13-17(20-15-9-4-2-5-10-15)19(18)21-16-11-6-3-7-12-16/h2-14,20-21H,1H3. The Labute approximate surface area is 130 Å². The van der Waals surface area contributed by atoms with Crippen molar-refractivity contribution in [2.24, 2.45) is 0 Å². The number of benzene rings is 3. The topological polar surface area (TPSA) is 33.3 Å². The lowest BCUT2D eigenvalue weighted by molar-refractivity contribution is 0.417. The van der Waals surface area contributed by atoms with E-state index in [-0.39, 0.29) is 0 Å². The molecule has 3 nitrogen and oxygen atoms in total. The van der Waals surface area contributed by atoms with E-state index in [0.717, 1.165) is 28.5 Å². The number of hydrogen-bond acceptors (Lipinski definition) is 3. The maximum absolute atomic E-state index is 5.49. The first kappa shape index (κ1) is 14.0. The highest BCUT2D eigenvalue weighted by Gasteiger charge is 2.09. The number of ether oxygens (including phenoxy) is 1. The van der Waals surface area contributed by atoms with Crippen LogP contribution in [0.2, 0.25) is 0 Å². The Balaban J connectivity index is 1.95. The van der Waals surface area contributed by atoms with Crippen molar-refractivity contribution < 1.29 is 4.74 Å². The van der Waals surface area contributed by atoms with Gasteiger partial charge in [0, 0.05) is 11.4 Å². The van der Waals surface area contributed by atoms with Gasteiger partial charge in [-0.1, -0.05) is 42.5 Å². The summed E-state index contributed by atoms with van der Waals surface area (Å²) in [6, 6.07) is 26.1. The summed E-state index contributed by atoms with van der Waals surface area (Å²) in [5.74, 6) is 0.796. The van der Waals surface area contributed by atoms with Crippen LogP contribution in [-0.4, -0.2) is 7.11 Å². The van der Waals surface area contributed by atoms with Crippen LogP contribution in [0.1, 0.15) is 0 Å². The molecule has 0 radical (unpaired) electrons. The zero-order chi connectivity index (χ0) is 15.2. The second-order valence-electron chi connectivity index (χ2n) is 4.86. The molecule has 3 aromatic carbocycles. The molecule has 3 aromatic rings. The summed E-state index contributed by atoms with van der Waals surface area (Å²) in [5, 5.41) is 6.85. The molecular weight excluding hydrogens is 272 g/mol. The molecule has 0 saturated heterocycles. The molecule has 0 aromatic heterocycles. The predicted molar refractivity (Wildman–Crippen MR) is 92.4 cm³/mol. The van der Waals surface area contributed by atoms with Gasteiger partial charge in [0.15, 0.2) is 0 Å². The number of nitrogens with one attached hydrogen (secondary N) is 2. The Morgan fingerprint density at radius 3 is 1.82 bits per heavy atom. The van der Waals surface area contributed by atoms with Gasteiger partial charge in [0.2, 0.25) is 0 Å². The second kappa shape index (κ2) is 6.68. The van der Waals surface area contributed by atoms with Gasteiger partial charge in [0.05, 0.1) is 12.8 Å². The molecule has 0 spiro atoms. The molecule has 0 aliphatic heterocycles. The summed E-state index contributed by atoms with van der Waals surface area (Å²) in [6.07, 6.45) is 0. The van der Waals surface area contributed by atoms with Crippen molar-refractivity contribution in [1.29, 1.82) is 0 Å². The highest BCUT2D eigenvalue weighted by molar-refractivity contribution is 5.83. The van der Waals surface area contributed by atoms with Crippen LogP contribution in [-0.2, 0) is 0 Å². The number of anilines is 4. The van der Waals surface area contributed by atoms with Crippen LogP contribution in [0.5, 0.6) is 5.75 Å². The smallest absolute Gasteiger partial charge is 0.144 e. The Kier molecular flexibility index (Phi) is 4.25. The second-order valence-corrected chi connectivity index (χ2v) is 4.86. The Bertz CT molecular complexity index is 727. The third-order valence-corrected chi connectivity index (χ3v) is 3.34. The normalized spacial score (nSPS) is 10.0. The number of para-hydroxylation sites is 3. The van der Waals surface area contributed by atoms with Gasteiger partial charge in [-0.25, -0.2) is 0 Å². The van der Waals surface area contributed by atoms with E-state index >= 15 is 0 Å². The largest absolute Gasteiger partial charge is 0.494 e. The highest BCUT2D eigenvalue weighted by atomic mass is 16.5. The summed E-state index contributed by atoms with van der Waals surface area (Å²) in [4.78, 5) is 0. The first-order chi connectivity index (χ1) is 10.9. The molecule has 0 fully saturated rings. The molecule has 0 aliphatic carbocycles. The third kappa shape index (κ3) is 3.20. The SMILES string of the molecule is COc1cccc(Nc2ccccc2)c1Nc1ccccc1. The molecule has 0 aliphatic rings. The minimum Gasteiger partial charge on any atom is -0.494 e. The van der Waals surface area contributed by atoms with E-state index in [9.17, 15) is 0 Å². The average Bonchev–Trinajstić information content (AvgIpc) is 2.58. The lowest BCUT2D eigenvalue weighted by atomic mass is 10.2. The highest BCUT2D eigenvalue weighted by Crippen LogP contribution is 2.36. The van der Waals surface area contributed by atoms with Gasteiger partial charge in [-0.3, -0.25) is 0 Å². The quantitative estimate of drug-likeness (QED) is 0.679. The van der Waals surface area contributed by atoms with Crippen LogP contribution in [0.25, 0.3) is 0 Å². The number of rotatable bonds is 5. The van der Waals surface area contributed by atoms with Crippen molar-refractivity contribution in [3.05, 3.63) is 78.9 Å². The fraction of sp³-hybridized carbons (Fsp3) is 0.0526. The van der Waals surface area contributed by atoms with Crippen LogP contribution in [0.4, 0.5) is 22.7 Å². The minimum atomic E-state index is 0.796. The first-order valence-electron chi connectivity index (χ1n) is 7.18. The molecule has 110 valence electrons. The van der Waals surface area contributed by atoms with E-state index in [1.807, 2.05) is 78.9 Å². The lowest BCUT2D eigenvalue weighted by Crippen LogP contribution is -2.00. The molecule has 22 heavy (non-hydrogen) atoms. The van der Waals surface area contributed by atoms with Crippen LogP contribution in [0.3, 0.4) is 0 Å². The van der Waals surface area contributed by atoms with Gasteiger partial charge < -0.3 is 15.4 Å². The summed E-state index contributed by atoms with van der Waals surface area (Å²) in [7, 11) is 1.68. The summed E-state index contributed by atoms with van der Waals surface area (Å²) in [6.45, 7) is 0. The van der Waals surface area contributed by atoms with Gasteiger partial charge >= 0.3 is 0 Å². The van der Waals surface area contributed by atoms with E-state index in [1.54, 1.807) is 7.11 Å². The average molecular weight is 290 g/mol. The molecule has 0 unspecified atom stereocenters. The van der Waals surface area contributed by atoms with Crippen molar-refractivity contribution in [2.75, 3.05) is 17.7 Å². The Hall–Kier alpha value is -2.94. The molecule has 3 rings (SSSR count). The van der Waals surface area contributed by atoms with Gasteiger partial charge in [-0.15, -0.1) is 0 Å². The maximum Gasteiger partial charge on any atom is 0.144 e. The van der Waals surface area contributed by atoms with Crippen LogP contribution in [0, 0.1) is 0 Å². The van der Waals surface area contributed by atoms with E-state index in [2.05, 4.69) is 10.6 Å². The molecule has 3 heteroatoms. The number of methoxy groups -OCH3 is 1. The van der Waals surface area contributed by atoms with Gasteiger partial charge in [0.25, 0.3) is 0 Å². The van der Waals surface area contributed by atoms with Crippen LogP contribution >= 0.6 is 0 Å². The Morgan fingerprint density at radius 2 is 1.23 bits per heavy atom. The monoisotopic (exact) mass is 290 g/mol. The van der Waals surface area contributed by atoms with E-state index in [1.165, 1.54) is 0 Å². The van der Waals surface area contributed by atoms with Crippen LogP contribution < -0.4 is 15.4 Å². The molecular formula is C19H18N2O. The maximum atomic E-state index is 5.49. The van der Waals surface area contributed by atoms with Gasteiger partial charge in [-0.2, -0.15) is 0 Å². The van der Waals surface area contributed by atoms with Crippen molar-refractivity contribution in [3.8, 4) is 5.75 Å². The van der Waals surface area contributed by atoms with Crippen molar-refractivity contribution in [3.63, 3.8) is 0 Å². The molecule has 2 N–H and O–H groups in total. The van der Waals surface area contributed by atoms with Gasteiger partial charge in [0.1, 0.15) is 11.4 Å². The van der Waals surface area contributed by atoms with E-state index in [4.69, 9.17) is 4.74 Å². The van der Waals surface area contributed by atoms with Crippen LogP contribution in [0.15, 0.2) is 78.9 Å². The lowest BCUT2D eigenvalue weighted by Gasteiger charge is -2.17. The molecule has 0 heterocycles. The summed E-state index contributed by atoms with van der Waals surface area (Å²) >= 11 is 0. The molecule has 0 amide bonds. The zero-order valence-electron chi connectivity index (χ0n) is 12.4. The fourth-order valence-corrected chi connectivity index (χ4v) is 2.28. The third-order valence-electron chi connectivity index (χ3n) is 3.34. The van der Waals surface area contributed by atoms with E-state index in [0.29, 0.717) is 0 Å². The fourth-order valence-electron chi connectivity index (χ4n) is 2.28. The van der Waals surface area contributed by atoms with Gasteiger partial charge in [-0.05, 0) is 36.4 Å².